The SMILES string of the molecule is CC(=O)OC(C)(C)C(=O)Nc1ccc(Cn2c(C)nc(OCc3ccc(F)cc3F)c(Br)c2=O)cc1. The second-order valence-electron chi connectivity index (χ2n) is 8.45. The molecular weight excluding hydrogens is 540 g/mol. The Balaban J connectivity index is 1.72. The van der Waals surface area contributed by atoms with Crippen LogP contribution in [0.1, 0.15) is 37.7 Å². The van der Waals surface area contributed by atoms with E-state index in [9.17, 15) is 23.2 Å². The van der Waals surface area contributed by atoms with E-state index in [4.69, 9.17) is 9.47 Å². The molecule has 3 aromatic rings. The number of aryl methyl sites for hydroxylation is 1. The van der Waals surface area contributed by atoms with Crippen LogP contribution in [0.15, 0.2) is 51.7 Å². The fourth-order valence-electron chi connectivity index (χ4n) is 3.24. The van der Waals surface area contributed by atoms with Crippen LogP contribution in [-0.4, -0.2) is 27.0 Å². The van der Waals surface area contributed by atoms with Gasteiger partial charge in [0.25, 0.3) is 11.5 Å². The molecule has 0 saturated carbocycles. The van der Waals surface area contributed by atoms with Crippen molar-refractivity contribution in [3.05, 3.63) is 85.9 Å². The van der Waals surface area contributed by atoms with Crippen LogP contribution in [-0.2, 0) is 27.5 Å². The first-order chi connectivity index (χ1) is 16.9. The highest BCUT2D eigenvalue weighted by atomic mass is 79.9. The van der Waals surface area contributed by atoms with Gasteiger partial charge in [0.2, 0.25) is 5.88 Å². The highest BCUT2D eigenvalue weighted by Crippen LogP contribution is 2.22. The number of amides is 1. The molecule has 0 saturated heterocycles. The van der Waals surface area contributed by atoms with Crippen LogP contribution in [0.2, 0.25) is 0 Å². The van der Waals surface area contributed by atoms with Crippen molar-refractivity contribution < 1.29 is 27.8 Å². The molecule has 0 spiro atoms. The monoisotopic (exact) mass is 563 g/mol. The lowest BCUT2D eigenvalue weighted by molar-refractivity contribution is -0.160. The molecule has 0 unspecified atom stereocenters. The maximum absolute atomic E-state index is 13.9. The Hall–Kier alpha value is -3.60. The molecule has 0 aliphatic carbocycles. The van der Waals surface area contributed by atoms with Crippen molar-refractivity contribution in [1.29, 1.82) is 0 Å². The Bertz CT molecular complexity index is 1360. The number of esters is 1. The third-order valence-corrected chi connectivity index (χ3v) is 5.83. The summed E-state index contributed by atoms with van der Waals surface area (Å²) in [7, 11) is 0. The lowest BCUT2D eigenvalue weighted by Gasteiger charge is -2.23. The van der Waals surface area contributed by atoms with Gasteiger partial charge in [0.1, 0.15) is 28.5 Å². The van der Waals surface area contributed by atoms with Gasteiger partial charge in [-0.3, -0.25) is 19.0 Å². The Labute approximate surface area is 214 Å². The fourth-order valence-corrected chi connectivity index (χ4v) is 3.66. The molecule has 1 heterocycles. The van der Waals surface area contributed by atoms with E-state index in [-0.39, 0.29) is 29.1 Å². The van der Waals surface area contributed by atoms with Crippen molar-refractivity contribution in [1.82, 2.24) is 9.55 Å². The quantitative estimate of drug-likeness (QED) is 0.405. The zero-order chi connectivity index (χ0) is 26.6. The van der Waals surface area contributed by atoms with Gasteiger partial charge in [-0.05, 0) is 66.5 Å². The summed E-state index contributed by atoms with van der Waals surface area (Å²) in [5, 5.41) is 2.68. The van der Waals surface area contributed by atoms with E-state index >= 15 is 0 Å². The summed E-state index contributed by atoms with van der Waals surface area (Å²) >= 11 is 3.20. The highest BCUT2D eigenvalue weighted by molar-refractivity contribution is 9.10. The summed E-state index contributed by atoms with van der Waals surface area (Å²) in [4.78, 5) is 40.8. The third-order valence-electron chi connectivity index (χ3n) is 5.15. The molecule has 0 atom stereocenters. The van der Waals surface area contributed by atoms with Gasteiger partial charge in [-0.2, -0.15) is 4.98 Å². The summed E-state index contributed by atoms with van der Waals surface area (Å²) in [5.41, 5.74) is -0.371. The molecule has 8 nitrogen and oxygen atoms in total. The van der Waals surface area contributed by atoms with E-state index < -0.39 is 34.7 Å². The van der Waals surface area contributed by atoms with Crippen LogP contribution in [0.25, 0.3) is 0 Å². The Morgan fingerprint density at radius 2 is 1.81 bits per heavy atom. The second kappa shape index (κ2) is 11.0. The third kappa shape index (κ3) is 6.54. The average molecular weight is 564 g/mol. The lowest BCUT2D eigenvalue weighted by Crippen LogP contribution is -2.41. The standard InChI is InChI=1S/C25H24BrF2N3O5/c1-14-29-22(35-13-17-7-8-18(27)11-20(17)28)21(26)23(33)31(14)12-16-5-9-19(10-6-16)30-24(34)25(3,4)36-15(2)32/h5-11H,12-13H2,1-4H3,(H,30,34). The van der Waals surface area contributed by atoms with Gasteiger partial charge >= 0.3 is 5.97 Å². The molecule has 36 heavy (non-hydrogen) atoms. The zero-order valence-electron chi connectivity index (χ0n) is 20.0. The van der Waals surface area contributed by atoms with Gasteiger partial charge in [-0.25, -0.2) is 8.78 Å². The van der Waals surface area contributed by atoms with Crippen molar-refractivity contribution in [3.8, 4) is 5.88 Å². The molecule has 0 aliphatic rings. The first kappa shape index (κ1) is 27.0. The maximum atomic E-state index is 13.9. The molecule has 1 N–H and O–H groups in total. The number of halogens is 3. The predicted molar refractivity (Wildman–Crippen MR) is 132 cm³/mol. The normalized spacial score (nSPS) is 11.2. The Morgan fingerprint density at radius 3 is 2.42 bits per heavy atom. The molecule has 1 aromatic heterocycles. The summed E-state index contributed by atoms with van der Waals surface area (Å²) in [5.74, 6) is -2.16. The molecular formula is C25H24BrF2N3O5. The van der Waals surface area contributed by atoms with E-state index in [1.807, 2.05) is 0 Å². The molecule has 0 fully saturated rings. The molecule has 0 bridgehead atoms. The highest BCUT2D eigenvalue weighted by Gasteiger charge is 2.31. The topological polar surface area (TPSA) is 99.5 Å². The maximum Gasteiger partial charge on any atom is 0.303 e. The average Bonchev–Trinajstić information content (AvgIpc) is 2.79. The van der Waals surface area contributed by atoms with Crippen molar-refractivity contribution >= 4 is 33.5 Å². The van der Waals surface area contributed by atoms with Crippen molar-refractivity contribution in [2.75, 3.05) is 5.32 Å². The molecule has 11 heteroatoms. The number of anilines is 1. The number of nitrogens with one attached hydrogen (secondary N) is 1. The predicted octanol–water partition coefficient (Wildman–Crippen LogP) is 4.50. The number of nitrogens with zero attached hydrogens (tertiary/aromatic N) is 2. The molecule has 0 radical (unpaired) electrons. The van der Waals surface area contributed by atoms with Crippen molar-refractivity contribution in [3.63, 3.8) is 0 Å². The number of hydrogen-bond acceptors (Lipinski definition) is 6. The van der Waals surface area contributed by atoms with Gasteiger partial charge in [-0.1, -0.05) is 12.1 Å². The van der Waals surface area contributed by atoms with Crippen LogP contribution in [0.3, 0.4) is 0 Å². The summed E-state index contributed by atoms with van der Waals surface area (Å²) < 4.78 is 39.0. The number of ether oxygens (including phenoxy) is 2. The van der Waals surface area contributed by atoms with E-state index in [1.54, 1.807) is 31.2 Å². The minimum Gasteiger partial charge on any atom is -0.472 e. The number of carbonyl (C=O) groups is 2. The molecule has 190 valence electrons. The fraction of sp³-hybridized carbons (Fsp3) is 0.280. The second-order valence-corrected chi connectivity index (χ2v) is 9.24. The van der Waals surface area contributed by atoms with Crippen LogP contribution >= 0.6 is 15.9 Å². The van der Waals surface area contributed by atoms with E-state index in [0.717, 1.165) is 17.7 Å². The van der Waals surface area contributed by atoms with Gasteiger partial charge in [0.15, 0.2) is 5.60 Å². The number of carbonyl (C=O) groups excluding carboxylic acids is 2. The van der Waals surface area contributed by atoms with Crippen LogP contribution in [0, 0.1) is 18.6 Å². The minimum absolute atomic E-state index is 0.00840. The van der Waals surface area contributed by atoms with Gasteiger partial charge in [0.05, 0.1) is 6.54 Å². The molecule has 3 rings (SSSR count). The first-order valence-corrected chi connectivity index (χ1v) is 11.6. The van der Waals surface area contributed by atoms with Crippen LogP contribution in [0.4, 0.5) is 14.5 Å². The van der Waals surface area contributed by atoms with E-state index in [1.165, 1.54) is 31.4 Å². The Morgan fingerprint density at radius 1 is 1.14 bits per heavy atom. The largest absolute Gasteiger partial charge is 0.472 e. The van der Waals surface area contributed by atoms with Crippen molar-refractivity contribution in [2.45, 2.75) is 46.4 Å². The minimum atomic E-state index is -1.33. The van der Waals surface area contributed by atoms with Gasteiger partial charge in [-0.15, -0.1) is 0 Å². The molecule has 1 amide bonds. The molecule has 2 aromatic carbocycles. The summed E-state index contributed by atoms with van der Waals surface area (Å²) in [6.07, 6.45) is 0. The van der Waals surface area contributed by atoms with E-state index in [0.29, 0.717) is 11.5 Å². The number of rotatable bonds is 8. The zero-order valence-corrected chi connectivity index (χ0v) is 21.6. The lowest BCUT2D eigenvalue weighted by atomic mass is 10.1. The first-order valence-electron chi connectivity index (χ1n) is 10.8. The van der Waals surface area contributed by atoms with Gasteiger partial charge in [0, 0.05) is 24.2 Å². The van der Waals surface area contributed by atoms with Gasteiger partial charge < -0.3 is 14.8 Å². The summed E-state index contributed by atoms with van der Waals surface area (Å²) in [6, 6.07) is 9.91. The van der Waals surface area contributed by atoms with Crippen molar-refractivity contribution in [2.24, 2.45) is 0 Å². The smallest absolute Gasteiger partial charge is 0.303 e. The Kier molecular flexibility index (Phi) is 8.24. The molecule has 0 aliphatic heterocycles. The number of hydrogen-bond donors (Lipinski definition) is 1. The van der Waals surface area contributed by atoms with E-state index in [2.05, 4.69) is 26.2 Å². The number of benzene rings is 2. The van der Waals surface area contributed by atoms with Crippen LogP contribution in [0.5, 0.6) is 5.88 Å². The number of aromatic nitrogens is 2. The summed E-state index contributed by atoms with van der Waals surface area (Å²) in [6.45, 7) is 5.79. The van der Waals surface area contributed by atoms with Crippen LogP contribution < -0.4 is 15.6 Å².